The third kappa shape index (κ3) is 3.76. The number of fused-ring (bicyclic) bond motifs is 1. The van der Waals surface area contributed by atoms with Crippen LogP contribution in [0.1, 0.15) is 56.7 Å². The summed E-state index contributed by atoms with van der Waals surface area (Å²) < 4.78 is 3.02. The molecule has 0 spiro atoms. The van der Waals surface area contributed by atoms with Gasteiger partial charge in [0.15, 0.2) is 0 Å². The van der Waals surface area contributed by atoms with E-state index in [1.807, 2.05) is 49.9 Å². The standard InChI is InChI=1S/C23H29N5O2/c1-16(2)21-18-14-24-28(19-11-7-6-10-17(19)3)22(18)23(30)27(25-21)15-20(29)26-12-8-4-5-9-13-26/h6-7,10-11,14,16H,4-5,8-9,12-13,15H2,1-3H3. The topological polar surface area (TPSA) is 73.0 Å². The lowest BCUT2D eigenvalue weighted by atomic mass is 10.1. The molecule has 0 unspecified atom stereocenters. The maximum absolute atomic E-state index is 13.4. The van der Waals surface area contributed by atoms with Gasteiger partial charge in [0.05, 0.1) is 17.6 Å². The van der Waals surface area contributed by atoms with Gasteiger partial charge in [0.2, 0.25) is 5.91 Å². The zero-order chi connectivity index (χ0) is 21.3. The van der Waals surface area contributed by atoms with E-state index in [0.717, 1.165) is 61.1 Å². The van der Waals surface area contributed by atoms with E-state index in [4.69, 9.17) is 0 Å². The predicted molar refractivity (Wildman–Crippen MR) is 117 cm³/mol. The van der Waals surface area contributed by atoms with Crippen LogP contribution in [-0.2, 0) is 11.3 Å². The smallest absolute Gasteiger partial charge is 0.293 e. The summed E-state index contributed by atoms with van der Waals surface area (Å²) in [6, 6.07) is 7.84. The highest BCUT2D eigenvalue weighted by Gasteiger charge is 2.22. The summed E-state index contributed by atoms with van der Waals surface area (Å²) in [5.74, 6) is 0.0599. The van der Waals surface area contributed by atoms with Crippen LogP contribution in [0.3, 0.4) is 0 Å². The third-order valence-corrected chi connectivity index (χ3v) is 5.84. The molecule has 0 aliphatic carbocycles. The number of likely N-dealkylation sites (tertiary alicyclic amines) is 1. The molecule has 2 aromatic heterocycles. The molecule has 1 aromatic carbocycles. The van der Waals surface area contributed by atoms with Crippen molar-refractivity contribution in [1.82, 2.24) is 24.5 Å². The first-order valence-electron chi connectivity index (χ1n) is 10.8. The Kier molecular flexibility index (Phi) is 5.70. The second kappa shape index (κ2) is 8.42. The average molecular weight is 408 g/mol. The summed E-state index contributed by atoms with van der Waals surface area (Å²) in [5.41, 5.74) is 2.87. The molecule has 3 heterocycles. The summed E-state index contributed by atoms with van der Waals surface area (Å²) in [6.07, 6.45) is 6.06. The van der Waals surface area contributed by atoms with E-state index in [-0.39, 0.29) is 23.9 Å². The molecule has 4 rings (SSSR count). The molecule has 7 heteroatoms. The molecule has 0 radical (unpaired) electrons. The highest BCUT2D eigenvalue weighted by atomic mass is 16.2. The van der Waals surface area contributed by atoms with Crippen LogP contribution in [0.5, 0.6) is 0 Å². The van der Waals surface area contributed by atoms with E-state index in [1.54, 1.807) is 10.9 Å². The zero-order valence-corrected chi connectivity index (χ0v) is 18.0. The maximum atomic E-state index is 13.4. The number of rotatable bonds is 4. The Labute approximate surface area is 176 Å². The van der Waals surface area contributed by atoms with E-state index in [1.165, 1.54) is 4.68 Å². The van der Waals surface area contributed by atoms with Crippen LogP contribution in [0.4, 0.5) is 0 Å². The average Bonchev–Trinajstić information content (AvgIpc) is 2.97. The van der Waals surface area contributed by atoms with E-state index in [2.05, 4.69) is 10.2 Å². The minimum atomic E-state index is -0.279. The normalized spacial score (nSPS) is 15.0. The largest absolute Gasteiger partial charge is 0.341 e. The molecule has 1 aliphatic heterocycles. The molecule has 7 nitrogen and oxygen atoms in total. The Morgan fingerprint density at radius 3 is 2.47 bits per heavy atom. The van der Waals surface area contributed by atoms with Crippen LogP contribution in [0.2, 0.25) is 0 Å². The SMILES string of the molecule is Cc1ccccc1-n1ncc2c(C(C)C)nn(CC(=O)N3CCCCCC3)c(=O)c21. The highest BCUT2D eigenvalue weighted by Crippen LogP contribution is 2.24. The van der Waals surface area contributed by atoms with Crippen LogP contribution in [0.25, 0.3) is 16.6 Å². The second-order valence-corrected chi connectivity index (χ2v) is 8.40. The Morgan fingerprint density at radius 1 is 1.10 bits per heavy atom. The maximum Gasteiger partial charge on any atom is 0.293 e. The van der Waals surface area contributed by atoms with Crippen LogP contribution in [0, 0.1) is 6.92 Å². The van der Waals surface area contributed by atoms with Crippen LogP contribution < -0.4 is 5.56 Å². The zero-order valence-electron chi connectivity index (χ0n) is 18.0. The lowest BCUT2D eigenvalue weighted by Gasteiger charge is -2.21. The number of amides is 1. The van der Waals surface area contributed by atoms with Crippen molar-refractivity contribution in [3.8, 4) is 5.69 Å². The van der Waals surface area contributed by atoms with Crippen molar-refractivity contribution in [2.45, 2.75) is 58.9 Å². The fourth-order valence-electron chi connectivity index (χ4n) is 4.16. The van der Waals surface area contributed by atoms with E-state index >= 15 is 0 Å². The van der Waals surface area contributed by atoms with Crippen molar-refractivity contribution in [2.24, 2.45) is 0 Å². The van der Waals surface area contributed by atoms with Gasteiger partial charge < -0.3 is 4.90 Å². The Balaban J connectivity index is 1.81. The molecular weight excluding hydrogens is 378 g/mol. The van der Waals surface area contributed by atoms with Crippen LogP contribution in [0.15, 0.2) is 35.3 Å². The molecule has 3 aromatic rings. The molecule has 158 valence electrons. The highest BCUT2D eigenvalue weighted by molar-refractivity contribution is 5.83. The van der Waals surface area contributed by atoms with Gasteiger partial charge >= 0.3 is 0 Å². The molecule has 1 fully saturated rings. The predicted octanol–water partition coefficient (Wildman–Crippen LogP) is 3.42. The number of aromatic nitrogens is 4. The molecule has 0 bridgehead atoms. The van der Waals surface area contributed by atoms with Crippen molar-refractivity contribution in [1.29, 1.82) is 0 Å². The Bertz CT molecular complexity index is 1120. The lowest BCUT2D eigenvalue weighted by molar-refractivity contribution is -0.132. The quantitative estimate of drug-likeness (QED) is 0.664. The van der Waals surface area contributed by atoms with Gasteiger partial charge in [-0.25, -0.2) is 9.36 Å². The number of carbonyl (C=O) groups excluding carboxylic acids is 1. The number of nitrogens with zero attached hydrogens (tertiary/aromatic N) is 5. The number of para-hydroxylation sites is 1. The van der Waals surface area contributed by atoms with E-state index < -0.39 is 0 Å². The minimum absolute atomic E-state index is 0.0343. The van der Waals surface area contributed by atoms with Crippen LogP contribution >= 0.6 is 0 Å². The van der Waals surface area contributed by atoms with E-state index in [0.29, 0.717) is 5.52 Å². The number of hydrogen-bond donors (Lipinski definition) is 0. The molecule has 0 atom stereocenters. The number of carbonyl (C=O) groups is 1. The first-order valence-corrected chi connectivity index (χ1v) is 10.8. The van der Waals surface area contributed by atoms with Gasteiger partial charge in [0.25, 0.3) is 5.56 Å². The van der Waals surface area contributed by atoms with Gasteiger partial charge in [-0.3, -0.25) is 9.59 Å². The van der Waals surface area contributed by atoms with Gasteiger partial charge in [-0.05, 0) is 37.3 Å². The van der Waals surface area contributed by atoms with Gasteiger partial charge in [-0.1, -0.05) is 44.9 Å². The van der Waals surface area contributed by atoms with E-state index in [9.17, 15) is 9.59 Å². The fraction of sp³-hybridized carbons (Fsp3) is 0.478. The molecule has 0 N–H and O–H groups in total. The molecular formula is C23H29N5O2. The van der Waals surface area contributed by atoms with Gasteiger partial charge in [0, 0.05) is 18.5 Å². The number of aryl methyl sites for hydroxylation is 1. The Hall–Kier alpha value is -2.96. The first-order chi connectivity index (χ1) is 14.5. The van der Waals surface area contributed by atoms with Gasteiger partial charge in [-0.15, -0.1) is 0 Å². The Morgan fingerprint density at radius 2 is 1.80 bits per heavy atom. The van der Waals surface area contributed by atoms with Crippen LogP contribution in [-0.4, -0.2) is 43.5 Å². The molecule has 30 heavy (non-hydrogen) atoms. The third-order valence-electron chi connectivity index (χ3n) is 5.84. The lowest BCUT2D eigenvalue weighted by Crippen LogP contribution is -2.38. The second-order valence-electron chi connectivity index (χ2n) is 8.40. The molecule has 1 saturated heterocycles. The molecule has 1 amide bonds. The van der Waals surface area contributed by atoms with Crippen molar-refractivity contribution in [3.05, 3.63) is 52.1 Å². The summed E-state index contributed by atoms with van der Waals surface area (Å²) >= 11 is 0. The van der Waals surface area contributed by atoms with Crippen molar-refractivity contribution < 1.29 is 4.79 Å². The number of hydrogen-bond acceptors (Lipinski definition) is 4. The number of benzene rings is 1. The summed E-state index contributed by atoms with van der Waals surface area (Å²) in [6.45, 7) is 7.56. The van der Waals surface area contributed by atoms with Crippen molar-refractivity contribution in [3.63, 3.8) is 0 Å². The van der Waals surface area contributed by atoms with Gasteiger partial charge in [0.1, 0.15) is 12.1 Å². The first kappa shape index (κ1) is 20.3. The van der Waals surface area contributed by atoms with Crippen molar-refractivity contribution in [2.75, 3.05) is 13.1 Å². The fourth-order valence-corrected chi connectivity index (χ4v) is 4.16. The van der Waals surface area contributed by atoms with Gasteiger partial charge in [-0.2, -0.15) is 10.2 Å². The summed E-state index contributed by atoms with van der Waals surface area (Å²) in [4.78, 5) is 28.2. The summed E-state index contributed by atoms with van der Waals surface area (Å²) in [5, 5.41) is 9.86. The minimum Gasteiger partial charge on any atom is -0.341 e. The monoisotopic (exact) mass is 407 g/mol. The molecule has 0 saturated carbocycles. The molecule has 1 aliphatic rings. The summed E-state index contributed by atoms with van der Waals surface area (Å²) in [7, 11) is 0. The van der Waals surface area contributed by atoms with Crippen molar-refractivity contribution >= 4 is 16.8 Å².